The lowest BCUT2D eigenvalue weighted by atomic mass is 10.2. The van der Waals surface area contributed by atoms with E-state index in [0.29, 0.717) is 0 Å². The fourth-order valence-electron chi connectivity index (χ4n) is 2.29. The Morgan fingerprint density at radius 2 is 1.50 bits per heavy atom. The molecule has 1 fully saturated rings. The summed E-state index contributed by atoms with van der Waals surface area (Å²) in [5.74, 6) is 0. The Labute approximate surface area is 85.9 Å². The minimum atomic E-state index is -1.98. The molecule has 0 aliphatic carbocycles. The predicted octanol–water partition coefficient (Wildman–Crippen LogP) is 3.09. The summed E-state index contributed by atoms with van der Waals surface area (Å²) in [5, 5.41) is 1.12. The van der Waals surface area contributed by atoms with Crippen molar-refractivity contribution in [2.75, 3.05) is 12.3 Å². The van der Waals surface area contributed by atoms with Crippen molar-refractivity contribution >= 4 is 12.4 Å². The van der Waals surface area contributed by atoms with Crippen molar-refractivity contribution in [2.24, 2.45) is 0 Å². The van der Waals surface area contributed by atoms with Crippen LogP contribution in [0.1, 0.15) is 24.0 Å². The first-order chi connectivity index (χ1) is 6.60. The van der Waals surface area contributed by atoms with Gasteiger partial charge in [0.2, 0.25) is 0 Å². The molecule has 1 aliphatic heterocycles. The van der Waals surface area contributed by atoms with Gasteiger partial charge in [-0.15, -0.1) is 0 Å². The number of aryl methyl sites for hydroxylation is 2. The minimum absolute atomic E-state index is 0.926. The lowest BCUT2D eigenvalue weighted by Crippen LogP contribution is -2.07. The number of benzene rings is 1. The van der Waals surface area contributed by atoms with Crippen LogP contribution >= 0.6 is 7.14 Å². The van der Waals surface area contributed by atoms with Gasteiger partial charge in [-0.2, -0.15) is 0 Å². The van der Waals surface area contributed by atoms with E-state index >= 15 is 0 Å². The van der Waals surface area contributed by atoms with Gasteiger partial charge in [-0.05, 0) is 38.8 Å². The average Bonchev–Trinajstić information content (AvgIpc) is 2.52. The van der Waals surface area contributed by atoms with Crippen molar-refractivity contribution in [3.8, 4) is 0 Å². The lowest BCUT2D eigenvalue weighted by Gasteiger charge is -2.12. The van der Waals surface area contributed by atoms with E-state index in [2.05, 4.69) is 32.0 Å². The second-order valence-corrected chi connectivity index (χ2v) is 7.58. The van der Waals surface area contributed by atoms with Gasteiger partial charge >= 0.3 is 0 Å². The Balaban J connectivity index is 2.45. The van der Waals surface area contributed by atoms with E-state index in [9.17, 15) is 4.57 Å². The Kier molecular flexibility index (Phi) is 2.53. The average molecular weight is 208 g/mol. The van der Waals surface area contributed by atoms with Crippen molar-refractivity contribution < 1.29 is 4.57 Å². The SMILES string of the molecule is Cc1cc(C)cc(P2(=O)CCCC2)c1. The molecule has 1 aromatic rings. The molecule has 2 heteroatoms. The molecule has 0 radical (unpaired) electrons. The van der Waals surface area contributed by atoms with Crippen LogP contribution in [0, 0.1) is 13.8 Å². The number of rotatable bonds is 1. The largest absolute Gasteiger partial charge is 0.319 e. The summed E-state index contributed by atoms with van der Waals surface area (Å²) in [6.45, 7) is 4.16. The lowest BCUT2D eigenvalue weighted by molar-refractivity contribution is 0.585. The van der Waals surface area contributed by atoms with Crippen LogP contribution in [0.3, 0.4) is 0 Å². The molecule has 0 saturated carbocycles. The van der Waals surface area contributed by atoms with E-state index in [0.717, 1.165) is 30.5 Å². The second kappa shape index (κ2) is 3.55. The van der Waals surface area contributed by atoms with Crippen LogP contribution in [0.2, 0.25) is 0 Å². The van der Waals surface area contributed by atoms with Crippen molar-refractivity contribution in [1.82, 2.24) is 0 Å². The Hall–Kier alpha value is -0.550. The molecule has 0 aromatic heterocycles. The molecule has 0 spiro atoms. The minimum Gasteiger partial charge on any atom is -0.319 e. The van der Waals surface area contributed by atoms with Crippen molar-refractivity contribution in [1.29, 1.82) is 0 Å². The van der Waals surface area contributed by atoms with Gasteiger partial charge in [-0.1, -0.05) is 17.2 Å². The molecule has 1 saturated heterocycles. The number of hydrogen-bond donors (Lipinski definition) is 0. The van der Waals surface area contributed by atoms with Gasteiger partial charge in [0.15, 0.2) is 0 Å². The zero-order valence-corrected chi connectivity index (χ0v) is 9.81. The van der Waals surface area contributed by atoms with Crippen LogP contribution in [0.5, 0.6) is 0 Å². The van der Waals surface area contributed by atoms with Crippen molar-refractivity contribution in [3.05, 3.63) is 29.3 Å². The first-order valence-electron chi connectivity index (χ1n) is 5.27. The maximum atomic E-state index is 12.5. The summed E-state index contributed by atoms with van der Waals surface area (Å²) in [6.07, 6.45) is 4.14. The quantitative estimate of drug-likeness (QED) is 0.648. The zero-order chi connectivity index (χ0) is 10.2. The third-order valence-electron chi connectivity index (χ3n) is 2.97. The first kappa shape index (κ1) is 9.98. The molecule has 0 unspecified atom stereocenters. The second-order valence-electron chi connectivity index (χ2n) is 4.39. The molecule has 1 aliphatic rings. The molecule has 1 heterocycles. The maximum Gasteiger partial charge on any atom is 0.115 e. The molecule has 1 nitrogen and oxygen atoms in total. The molecule has 0 amide bonds. The van der Waals surface area contributed by atoms with Gasteiger partial charge < -0.3 is 4.57 Å². The summed E-state index contributed by atoms with van der Waals surface area (Å²) in [4.78, 5) is 0. The molecule has 76 valence electrons. The van der Waals surface area contributed by atoms with Gasteiger partial charge in [0.25, 0.3) is 0 Å². The third kappa shape index (κ3) is 1.79. The van der Waals surface area contributed by atoms with Crippen LogP contribution in [-0.2, 0) is 4.57 Å². The molecule has 2 rings (SSSR count). The summed E-state index contributed by atoms with van der Waals surface area (Å²) in [6, 6.07) is 6.37. The van der Waals surface area contributed by atoms with Crippen molar-refractivity contribution in [2.45, 2.75) is 26.7 Å². The Bertz CT molecular complexity index is 365. The van der Waals surface area contributed by atoms with Gasteiger partial charge in [-0.25, -0.2) is 0 Å². The first-order valence-corrected chi connectivity index (χ1v) is 7.35. The summed E-state index contributed by atoms with van der Waals surface area (Å²) in [5.41, 5.74) is 2.48. The summed E-state index contributed by atoms with van der Waals surface area (Å²) in [7, 11) is -1.98. The molecular weight excluding hydrogens is 191 g/mol. The topological polar surface area (TPSA) is 17.1 Å². The van der Waals surface area contributed by atoms with Crippen LogP contribution in [0.15, 0.2) is 18.2 Å². The van der Waals surface area contributed by atoms with Crippen LogP contribution in [0.4, 0.5) is 0 Å². The van der Waals surface area contributed by atoms with Crippen LogP contribution in [0.25, 0.3) is 0 Å². The molecule has 0 N–H and O–H groups in total. The zero-order valence-electron chi connectivity index (χ0n) is 8.92. The van der Waals surface area contributed by atoms with E-state index in [1.54, 1.807) is 0 Å². The van der Waals surface area contributed by atoms with E-state index in [4.69, 9.17) is 0 Å². The molecular formula is C12H17OP. The molecule has 0 atom stereocenters. The predicted molar refractivity (Wildman–Crippen MR) is 62.1 cm³/mol. The van der Waals surface area contributed by atoms with Crippen LogP contribution < -0.4 is 5.30 Å². The van der Waals surface area contributed by atoms with E-state index in [1.165, 1.54) is 11.1 Å². The molecule has 0 bridgehead atoms. The van der Waals surface area contributed by atoms with Gasteiger partial charge in [0.1, 0.15) is 7.14 Å². The fourth-order valence-corrected chi connectivity index (χ4v) is 5.38. The van der Waals surface area contributed by atoms with Crippen molar-refractivity contribution in [3.63, 3.8) is 0 Å². The Morgan fingerprint density at radius 3 is 2.00 bits per heavy atom. The van der Waals surface area contributed by atoms with Gasteiger partial charge in [-0.3, -0.25) is 0 Å². The fraction of sp³-hybridized carbons (Fsp3) is 0.500. The third-order valence-corrected chi connectivity index (χ3v) is 6.24. The summed E-state index contributed by atoms with van der Waals surface area (Å²) >= 11 is 0. The van der Waals surface area contributed by atoms with Gasteiger partial charge in [0, 0.05) is 17.6 Å². The maximum absolute atomic E-state index is 12.5. The highest BCUT2D eigenvalue weighted by molar-refractivity contribution is 7.71. The van der Waals surface area contributed by atoms with E-state index < -0.39 is 7.14 Å². The number of hydrogen-bond acceptors (Lipinski definition) is 1. The highest BCUT2D eigenvalue weighted by Gasteiger charge is 2.28. The molecule has 14 heavy (non-hydrogen) atoms. The monoisotopic (exact) mass is 208 g/mol. The normalized spacial score (nSPS) is 19.9. The molecule has 1 aromatic carbocycles. The Morgan fingerprint density at radius 1 is 1.00 bits per heavy atom. The van der Waals surface area contributed by atoms with E-state index in [1.807, 2.05) is 0 Å². The summed E-state index contributed by atoms with van der Waals surface area (Å²) < 4.78 is 12.5. The highest BCUT2D eigenvalue weighted by Crippen LogP contribution is 2.50. The standard InChI is InChI=1S/C12H17OP/c1-10-7-11(2)9-12(8-10)14(13)5-3-4-6-14/h7-9H,3-6H2,1-2H3. The van der Waals surface area contributed by atoms with Gasteiger partial charge in [0.05, 0.1) is 0 Å². The smallest absolute Gasteiger partial charge is 0.115 e. The van der Waals surface area contributed by atoms with E-state index in [-0.39, 0.29) is 0 Å². The van der Waals surface area contributed by atoms with Crippen LogP contribution in [-0.4, -0.2) is 12.3 Å². The highest BCUT2D eigenvalue weighted by atomic mass is 31.2.